The summed E-state index contributed by atoms with van der Waals surface area (Å²) in [7, 11) is -3.00. The fourth-order valence-electron chi connectivity index (χ4n) is 2.87. The molecule has 1 heterocycles. The second-order valence-electron chi connectivity index (χ2n) is 6.30. The van der Waals surface area contributed by atoms with Gasteiger partial charge < -0.3 is 4.90 Å². The van der Waals surface area contributed by atoms with Crippen LogP contribution in [0.2, 0.25) is 0 Å². The largest absolute Gasteiger partial charge is 0.341 e. The molecule has 5 heteroatoms. The van der Waals surface area contributed by atoms with Crippen LogP contribution in [0.25, 0.3) is 0 Å². The zero-order chi connectivity index (χ0) is 15.7. The average molecular weight is 317 g/mol. The molecule has 0 spiro atoms. The van der Waals surface area contributed by atoms with E-state index >= 15 is 0 Å². The molecule has 1 saturated heterocycles. The molecule has 0 aromatic heterocycles. The van der Waals surface area contributed by atoms with Crippen LogP contribution in [0, 0.1) is 0 Å². The summed E-state index contributed by atoms with van der Waals surface area (Å²) >= 11 is 0. The van der Waals surface area contributed by atoms with E-state index in [0.29, 0.717) is 25.9 Å². The van der Waals surface area contributed by atoms with Gasteiger partial charge in [0.1, 0.15) is 0 Å². The van der Waals surface area contributed by atoms with Crippen molar-refractivity contribution < 1.29 is 13.2 Å². The maximum Gasteiger partial charge on any atom is 0.222 e. The summed E-state index contributed by atoms with van der Waals surface area (Å²) in [5, 5.41) is -0.347. The number of unbranched alkanes of at least 4 members (excludes halogenated alkanes) is 7. The molecule has 1 unspecified atom stereocenters. The van der Waals surface area contributed by atoms with Crippen LogP contribution in [0.5, 0.6) is 0 Å². The molecule has 1 aliphatic rings. The van der Waals surface area contributed by atoms with Crippen LogP contribution in [0.3, 0.4) is 0 Å². The van der Waals surface area contributed by atoms with Gasteiger partial charge in [-0.05, 0) is 12.8 Å². The summed E-state index contributed by atoms with van der Waals surface area (Å²) in [5.41, 5.74) is 0. The topological polar surface area (TPSA) is 54.5 Å². The van der Waals surface area contributed by atoms with Gasteiger partial charge in [-0.25, -0.2) is 8.42 Å². The number of sulfone groups is 1. The van der Waals surface area contributed by atoms with Crippen molar-refractivity contribution in [3.05, 3.63) is 0 Å². The molecular formula is C16H31NO3S. The Balaban J connectivity index is 2.07. The average Bonchev–Trinajstić information content (AvgIpc) is 2.91. The fraction of sp³-hybridized carbons (Fsp3) is 0.938. The van der Waals surface area contributed by atoms with Gasteiger partial charge in [0.15, 0.2) is 9.84 Å². The van der Waals surface area contributed by atoms with E-state index in [2.05, 4.69) is 6.92 Å². The predicted molar refractivity (Wildman–Crippen MR) is 87.1 cm³/mol. The molecule has 1 amide bonds. The van der Waals surface area contributed by atoms with E-state index < -0.39 is 9.84 Å². The second kappa shape index (κ2) is 9.44. The molecule has 0 aliphatic carbocycles. The monoisotopic (exact) mass is 317 g/mol. The van der Waals surface area contributed by atoms with E-state index in [-0.39, 0.29) is 11.2 Å². The highest BCUT2D eigenvalue weighted by Crippen LogP contribution is 2.18. The van der Waals surface area contributed by atoms with Crippen molar-refractivity contribution >= 4 is 15.7 Å². The Morgan fingerprint density at radius 1 is 1.05 bits per heavy atom. The first kappa shape index (κ1) is 18.5. The maximum atomic E-state index is 12.0. The fourth-order valence-corrected chi connectivity index (χ4v) is 3.86. The van der Waals surface area contributed by atoms with Crippen molar-refractivity contribution in [1.82, 2.24) is 4.90 Å². The molecule has 124 valence electrons. The minimum absolute atomic E-state index is 0.132. The number of hydrogen-bond acceptors (Lipinski definition) is 3. The summed E-state index contributed by atoms with van der Waals surface area (Å²) in [6.45, 7) is 3.22. The lowest BCUT2D eigenvalue weighted by Gasteiger charge is -2.16. The third-order valence-electron chi connectivity index (χ3n) is 4.35. The first-order valence-electron chi connectivity index (χ1n) is 8.41. The summed E-state index contributed by atoms with van der Waals surface area (Å²) in [5.74, 6) is 0.132. The first-order valence-corrected chi connectivity index (χ1v) is 10.4. The van der Waals surface area contributed by atoms with Crippen molar-refractivity contribution in [3.63, 3.8) is 0 Å². The summed E-state index contributed by atoms with van der Waals surface area (Å²) < 4.78 is 22.9. The van der Waals surface area contributed by atoms with Crippen LogP contribution in [0.4, 0.5) is 0 Å². The van der Waals surface area contributed by atoms with Crippen molar-refractivity contribution in [3.8, 4) is 0 Å². The van der Waals surface area contributed by atoms with E-state index in [1.165, 1.54) is 44.8 Å². The Bertz CT molecular complexity index is 406. The molecule has 0 saturated carbocycles. The number of likely N-dealkylation sites (tertiary alicyclic amines) is 1. The van der Waals surface area contributed by atoms with Gasteiger partial charge in [0.2, 0.25) is 5.91 Å². The quantitative estimate of drug-likeness (QED) is 0.582. The second-order valence-corrected chi connectivity index (χ2v) is 8.63. The number of rotatable bonds is 10. The molecule has 0 radical (unpaired) electrons. The van der Waals surface area contributed by atoms with Gasteiger partial charge in [-0.3, -0.25) is 4.79 Å². The number of hydrogen-bond donors (Lipinski definition) is 0. The number of nitrogens with zero attached hydrogens (tertiary/aromatic N) is 1. The predicted octanol–water partition coefficient (Wildman–Crippen LogP) is 3.16. The van der Waals surface area contributed by atoms with Crippen LogP contribution >= 0.6 is 0 Å². The minimum atomic E-state index is -3.00. The lowest BCUT2D eigenvalue weighted by molar-refractivity contribution is -0.130. The molecule has 1 atom stereocenters. The molecular weight excluding hydrogens is 286 g/mol. The van der Waals surface area contributed by atoms with Gasteiger partial charge in [-0.1, -0.05) is 51.9 Å². The Kier molecular flexibility index (Phi) is 8.30. The lowest BCUT2D eigenvalue weighted by Crippen LogP contribution is -2.31. The van der Waals surface area contributed by atoms with Crippen molar-refractivity contribution in [1.29, 1.82) is 0 Å². The van der Waals surface area contributed by atoms with Gasteiger partial charge in [0, 0.05) is 25.8 Å². The number of amides is 1. The highest BCUT2D eigenvalue weighted by atomic mass is 32.2. The Morgan fingerprint density at radius 2 is 1.62 bits per heavy atom. The lowest BCUT2D eigenvalue weighted by atomic mass is 10.1. The van der Waals surface area contributed by atoms with Crippen LogP contribution in [-0.2, 0) is 14.6 Å². The molecule has 4 nitrogen and oxygen atoms in total. The third kappa shape index (κ3) is 7.30. The van der Waals surface area contributed by atoms with E-state index in [0.717, 1.165) is 12.8 Å². The molecule has 1 fully saturated rings. The van der Waals surface area contributed by atoms with E-state index in [9.17, 15) is 13.2 Å². The van der Waals surface area contributed by atoms with E-state index in [1.54, 1.807) is 4.90 Å². The Labute approximate surface area is 130 Å². The van der Waals surface area contributed by atoms with Gasteiger partial charge in [-0.2, -0.15) is 0 Å². The maximum absolute atomic E-state index is 12.0. The number of carbonyl (C=O) groups excluding carboxylic acids is 1. The molecule has 1 aliphatic heterocycles. The van der Waals surface area contributed by atoms with Crippen LogP contribution in [0.1, 0.15) is 71.1 Å². The molecule has 0 aromatic rings. The van der Waals surface area contributed by atoms with Gasteiger partial charge in [0.25, 0.3) is 0 Å². The van der Waals surface area contributed by atoms with Crippen LogP contribution in [-0.4, -0.2) is 43.8 Å². The Hall–Kier alpha value is -0.580. The molecule has 1 rings (SSSR count). The van der Waals surface area contributed by atoms with Crippen molar-refractivity contribution in [2.45, 2.75) is 76.4 Å². The van der Waals surface area contributed by atoms with Gasteiger partial charge in [0.05, 0.1) is 5.25 Å². The molecule has 0 aromatic carbocycles. The zero-order valence-electron chi connectivity index (χ0n) is 13.6. The Morgan fingerprint density at radius 3 is 2.14 bits per heavy atom. The number of carbonyl (C=O) groups is 1. The smallest absolute Gasteiger partial charge is 0.222 e. The standard InChI is InChI=1S/C16H31NO3S/c1-3-4-5-6-7-8-9-10-11-16(18)17-13-12-15(14-17)21(2,19)20/h15H,3-14H2,1-2H3. The van der Waals surface area contributed by atoms with E-state index in [1.807, 2.05) is 0 Å². The zero-order valence-corrected chi connectivity index (χ0v) is 14.5. The minimum Gasteiger partial charge on any atom is -0.341 e. The van der Waals surface area contributed by atoms with Gasteiger partial charge >= 0.3 is 0 Å². The van der Waals surface area contributed by atoms with Crippen LogP contribution < -0.4 is 0 Å². The third-order valence-corrected chi connectivity index (χ3v) is 5.94. The van der Waals surface area contributed by atoms with Gasteiger partial charge in [-0.15, -0.1) is 0 Å². The normalized spacial score (nSPS) is 19.1. The summed E-state index contributed by atoms with van der Waals surface area (Å²) in [6.07, 6.45) is 12.2. The van der Waals surface area contributed by atoms with Crippen molar-refractivity contribution in [2.75, 3.05) is 19.3 Å². The SMILES string of the molecule is CCCCCCCCCCC(=O)N1CCC(S(C)(=O)=O)C1. The highest BCUT2D eigenvalue weighted by molar-refractivity contribution is 7.91. The highest BCUT2D eigenvalue weighted by Gasteiger charge is 2.31. The summed E-state index contributed by atoms with van der Waals surface area (Å²) in [4.78, 5) is 13.8. The molecule has 21 heavy (non-hydrogen) atoms. The first-order chi connectivity index (χ1) is 9.95. The molecule has 0 bridgehead atoms. The van der Waals surface area contributed by atoms with Crippen molar-refractivity contribution in [2.24, 2.45) is 0 Å². The van der Waals surface area contributed by atoms with Crippen LogP contribution in [0.15, 0.2) is 0 Å². The molecule has 0 N–H and O–H groups in total. The van der Waals surface area contributed by atoms with E-state index in [4.69, 9.17) is 0 Å². The summed E-state index contributed by atoms with van der Waals surface area (Å²) in [6, 6.07) is 0.